The van der Waals surface area contributed by atoms with E-state index in [4.69, 9.17) is 0 Å². The quantitative estimate of drug-likeness (QED) is 0.356. The number of para-hydroxylation sites is 1. The predicted molar refractivity (Wildman–Crippen MR) is 133 cm³/mol. The molecule has 2 atom stereocenters. The molecule has 10 heteroatoms. The second-order valence-corrected chi connectivity index (χ2v) is 10.3. The van der Waals surface area contributed by atoms with Crippen molar-refractivity contribution in [3.63, 3.8) is 0 Å². The molecule has 1 aromatic heterocycles. The average Bonchev–Trinajstić information content (AvgIpc) is 3.20. The Bertz CT molecular complexity index is 1240. The van der Waals surface area contributed by atoms with Gasteiger partial charge in [0.2, 0.25) is 0 Å². The minimum Gasteiger partial charge on any atom is -0.390 e. The summed E-state index contributed by atoms with van der Waals surface area (Å²) in [6, 6.07) is 8.22. The SMILES string of the molecule is C[C@@H]1Cc2c([nH]c3ccccc23)[C@@H](c2c(F)cc(NCCN3CC(CF)C3)cc2F)N1CC(F)(F)CO. The second-order valence-electron chi connectivity index (χ2n) is 10.3. The maximum atomic E-state index is 15.6. The number of aromatic nitrogens is 1. The molecule has 5 rings (SSSR count). The van der Waals surface area contributed by atoms with E-state index in [2.05, 4.69) is 15.2 Å². The number of aromatic amines is 1. The lowest BCUT2D eigenvalue weighted by molar-refractivity contribution is -0.0869. The van der Waals surface area contributed by atoms with Crippen LogP contribution in [0.25, 0.3) is 10.9 Å². The van der Waals surface area contributed by atoms with Crippen molar-refractivity contribution < 1.29 is 27.1 Å². The summed E-state index contributed by atoms with van der Waals surface area (Å²) in [5.41, 5.74) is 2.02. The van der Waals surface area contributed by atoms with E-state index in [1.54, 1.807) is 6.92 Å². The standard InChI is InChI=1S/C27H31F5N4O/c1-16-8-20-19-4-2-3-5-23(19)34-25(20)26(36(16)14-27(31,32)15-37)24-21(29)9-18(10-22(24)30)33-6-7-35-12-17(11-28)13-35/h2-5,9-10,16-17,26,33-34,37H,6-8,11-15H2,1H3/t16-,26-/m1/s1. The molecule has 37 heavy (non-hydrogen) atoms. The van der Waals surface area contributed by atoms with Gasteiger partial charge in [0.25, 0.3) is 5.92 Å². The Morgan fingerprint density at radius 3 is 2.51 bits per heavy atom. The number of fused-ring (bicyclic) bond motifs is 3. The molecule has 1 fully saturated rings. The highest BCUT2D eigenvalue weighted by Crippen LogP contribution is 2.43. The monoisotopic (exact) mass is 522 g/mol. The fraction of sp³-hybridized carbons (Fsp3) is 0.481. The average molecular weight is 523 g/mol. The molecular weight excluding hydrogens is 491 g/mol. The first-order valence-electron chi connectivity index (χ1n) is 12.6. The van der Waals surface area contributed by atoms with Crippen LogP contribution in [0.4, 0.5) is 27.6 Å². The van der Waals surface area contributed by atoms with E-state index in [1.807, 2.05) is 24.3 Å². The molecule has 3 N–H and O–H groups in total. The van der Waals surface area contributed by atoms with Gasteiger partial charge in [0.05, 0.1) is 19.3 Å². The normalized spacial score (nSPS) is 21.3. The highest BCUT2D eigenvalue weighted by atomic mass is 19.3. The first-order valence-corrected chi connectivity index (χ1v) is 12.6. The van der Waals surface area contributed by atoms with Gasteiger partial charge >= 0.3 is 0 Å². The molecule has 0 saturated carbocycles. The summed E-state index contributed by atoms with van der Waals surface area (Å²) < 4.78 is 72.6. The van der Waals surface area contributed by atoms with Crippen molar-refractivity contribution in [1.29, 1.82) is 0 Å². The smallest absolute Gasteiger partial charge is 0.283 e. The molecule has 3 heterocycles. The van der Waals surface area contributed by atoms with Gasteiger partial charge in [-0.3, -0.25) is 9.29 Å². The molecule has 0 spiro atoms. The second kappa shape index (κ2) is 10.2. The van der Waals surface area contributed by atoms with E-state index in [-0.39, 0.29) is 23.8 Å². The van der Waals surface area contributed by atoms with Crippen LogP contribution in [-0.4, -0.2) is 77.9 Å². The molecule has 0 bridgehead atoms. The lowest BCUT2D eigenvalue weighted by atomic mass is 9.87. The minimum atomic E-state index is -3.44. The number of halogens is 5. The van der Waals surface area contributed by atoms with Gasteiger partial charge in [-0.25, -0.2) is 17.6 Å². The molecule has 2 aliphatic heterocycles. The Morgan fingerprint density at radius 1 is 1.14 bits per heavy atom. The van der Waals surface area contributed by atoms with Crippen LogP contribution in [0.15, 0.2) is 36.4 Å². The van der Waals surface area contributed by atoms with Crippen molar-refractivity contribution in [2.45, 2.75) is 31.4 Å². The van der Waals surface area contributed by atoms with Gasteiger partial charge in [-0.15, -0.1) is 0 Å². The third kappa shape index (κ3) is 5.06. The van der Waals surface area contributed by atoms with Crippen LogP contribution in [0.3, 0.4) is 0 Å². The fourth-order valence-electron chi connectivity index (χ4n) is 5.64. The lowest BCUT2D eigenvalue weighted by Crippen LogP contribution is -2.49. The van der Waals surface area contributed by atoms with Gasteiger partial charge in [0, 0.05) is 66.0 Å². The number of H-pyrrole nitrogens is 1. The maximum absolute atomic E-state index is 15.6. The van der Waals surface area contributed by atoms with E-state index in [9.17, 15) is 18.3 Å². The zero-order valence-corrected chi connectivity index (χ0v) is 20.6. The van der Waals surface area contributed by atoms with E-state index < -0.39 is 42.8 Å². The van der Waals surface area contributed by atoms with Crippen molar-refractivity contribution in [2.75, 3.05) is 51.3 Å². The summed E-state index contributed by atoms with van der Waals surface area (Å²) in [5, 5.41) is 13.1. The topological polar surface area (TPSA) is 54.5 Å². The maximum Gasteiger partial charge on any atom is 0.283 e. The number of rotatable bonds is 9. The summed E-state index contributed by atoms with van der Waals surface area (Å²) in [6.45, 7) is 1.57. The summed E-state index contributed by atoms with van der Waals surface area (Å²) >= 11 is 0. The number of anilines is 1. The Balaban J connectivity index is 1.47. The highest BCUT2D eigenvalue weighted by Gasteiger charge is 2.43. The van der Waals surface area contributed by atoms with E-state index >= 15 is 8.78 Å². The molecule has 3 aromatic rings. The summed E-state index contributed by atoms with van der Waals surface area (Å²) in [7, 11) is 0. The molecule has 200 valence electrons. The molecule has 2 aromatic carbocycles. The zero-order valence-electron chi connectivity index (χ0n) is 20.6. The van der Waals surface area contributed by atoms with Gasteiger partial charge < -0.3 is 20.3 Å². The predicted octanol–water partition coefficient (Wildman–Crippen LogP) is 4.72. The number of benzene rings is 2. The molecule has 2 aliphatic rings. The van der Waals surface area contributed by atoms with Gasteiger partial charge in [-0.2, -0.15) is 0 Å². The summed E-state index contributed by atoms with van der Waals surface area (Å²) in [6.07, 6.45) is 0.417. The molecular formula is C27H31F5N4O. The number of hydrogen-bond acceptors (Lipinski definition) is 4. The van der Waals surface area contributed by atoms with Crippen molar-refractivity contribution in [2.24, 2.45) is 5.92 Å². The van der Waals surface area contributed by atoms with Crippen molar-refractivity contribution in [3.05, 3.63) is 64.9 Å². The first kappa shape index (κ1) is 25.9. The molecule has 0 unspecified atom stereocenters. The van der Waals surface area contributed by atoms with Crippen molar-refractivity contribution >= 4 is 16.6 Å². The number of hydrogen-bond donors (Lipinski definition) is 3. The van der Waals surface area contributed by atoms with Crippen LogP contribution in [0.2, 0.25) is 0 Å². The molecule has 0 aliphatic carbocycles. The third-order valence-corrected chi connectivity index (χ3v) is 7.52. The van der Waals surface area contributed by atoms with Crippen LogP contribution in [0.1, 0.15) is 29.8 Å². The van der Waals surface area contributed by atoms with Crippen molar-refractivity contribution in [1.82, 2.24) is 14.8 Å². The Labute approximate surface area is 212 Å². The highest BCUT2D eigenvalue weighted by molar-refractivity contribution is 5.85. The van der Waals surface area contributed by atoms with E-state index in [0.717, 1.165) is 16.5 Å². The lowest BCUT2D eigenvalue weighted by Gasteiger charge is -2.42. The van der Waals surface area contributed by atoms with E-state index in [1.165, 1.54) is 17.0 Å². The fourth-order valence-corrected chi connectivity index (χ4v) is 5.64. The summed E-state index contributed by atoms with van der Waals surface area (Å²) in [5.74, 6) is -5.07. The number of nitrogens with one attached hydrogen (secondary N) is 2. The molecule has 5 nitrogen and oxygen atoms in total. The van der Waals surface area contributed by atoms with Gasteiger partial charge in [-0.05, 0) is 37.1 Å². The Hall–Kier alpha value is -2.69. The van der Waals surface area contributed by atoms with Crippen LogP contribution in [0, 0.1) is 17.6 Å². The summed E-state index contributed by atoms with van der Waals surface area (Å²) in [4.78, 5) is 6.65. The van der Waals surface area contributed by atoms with E-state index in [0.29, 0.717) is 38.3 Å². The number of alkyl halides is 3. The number of nitrogens with zero attached hydrogens (tertiary/aromatic N) is 2. The number of aliphatic hydroxyl groups excluding tert-OH is 1. The van der Waals surface area contributed by atoms with Gasteiger partial charge in [0.1, 0.15) is 18.2 Å². The zero-order chi connectivity index (χ0) is 26.3. The Kier molecular flexibility index (Phi) is 7.17. The molecule has 1 saturated heterocycles. The van der Waals surface area contributed by atoms with Crippen LogP contribution in [0.5, 0.6) is 0 Å². The number of likely N-dealkylation sites (tertiary alicyclic amines) is 1. The van der Waals surface area contributed by atoms with Gasteiger partial charge in [0.15, 0.2) is 0 Å². The van der Waals surface area contributed by atoms with Crippen LogP contribution < -0.4 is 5.32 Å². The first-order chi connectivity index (χ1) is 17.7. The minimum absolute atomic E-state index is 0.0581. The third-order valence-electron chi connectivity index (χ3n) is 7.52. The number of aliphatic hydroxyl groups is 1. The van der Waals surface area contributed by atoms with Crippen LogP contribution in [-0.2, 0) is 6.42 Å². The Morgan fingerprint density at radius 2 is 1.84 bits per heavy atom. The molecule has 0 amide bonds. The van der Waals surface area contributed by atoms with Crippen molar-refractivity contribution in [3.8, 4) is 0 Å². The largest absolute Gasteiger partial charge is 0.390 e. The van der Waals surface area contributed by atoms with Crippen LogP contribution >= 0.6 is 0 Å². The molecule has 0 radical (unpaired) electrons. The van der Waals surface area contributed by atoms with Gasteiger partial charge in [-0.1, -0.05) is 18.2 Å².